The number of nitrogens with one attached hydrogen (secondary N) is 1. The second-order valence-corrected chi connectivity index (χ2v) is 9.93. The number of carbonyl (C=O) groups is 2. The zero-order valence-electron chi connectivity index (χ0n) is 21.8. The minimum Gasteiger partial charge on any atom is -0.480 e. The Hall–Kier alpha value is -4.62. The fraction of sp³-hybridized carbons (Fsp3) is 0.185. The van der Waals surface area contributed by atoms with Crippen LogP contribution in [0.15, 0.2) is 54.6 Å². The van der Waals surface area contributed by atoms with Crippen LogP contribution in [0.2, 0.25) is 0 Å². The van der Waals surface area contributed by atoms with Gasteiger partial charge in [-0.1, -0.05) is 18.2 Å². The van der Waals surface area contributed by atoms with Crippen LogP contribution in [0.4, 0.5) is 30.1 Å². The molecule has 0 radical (unpaired) electrons. The number of hydrogen-bond acceptors (Lipinski definition) is 8. The fourth-order valence-electron chi connectivity index (χ4n) is 3.95. The number of hydrogen-bond donors (Lipinski definition) is 3. The van der Waals surface area contributed by atoms with E-state index < -0.39 is 35.7 Å². The highest BCUT2D eigenvalue weighted by atomic mass is 32.1. The van der Waals surface area contributed by atoms with Crippen LogP contribution in [0.1, 0.15) is 21.5 Å². The normalized spacial score (nSPS) is 10.9. The Kier molecular flexibility index (Phi) is 8.55. The lowest BCUT2D eigenvalue weighted by molar-refractivity contribution is 0.102. The van der Waals surface area contributed by atoms with Gasteiger partial charge in [0.1, 0.15) is 16.6 Å². The largest absolute Gasteiger partial charge is 0.480 e. The number of nitrogen functional groups attached to an aromatic ring is 1. The molecule has 10 nitrogen and oxygen atoms in total. The molecule has 4 aromatic rings. The lowest BCUT2D eigenvalue weighted by Crippen LogP contribution is -2.31. The van der Waals surface area contributed by atoms with Crippen molar-refractivity contribution in [2.24, 2.45) is 0 Å². The van der Waals surface area contributed by atoms with Crippen LogP contribution >= 0.6 is 11.3 Å². The summed E-state index contributed by atoms with van der Waals surface area (Å²) in [6, 6.07) is 13.1. The molecule has 2 aromatic carbocycles. The van der Waals surface area contributed by atoms with Crippen LogP contribution in [-0.2, 0) is 13.1 Å². The number of carboxylic acid groups (broad SMARTS) is 1. The number of thiophene rings is 1. The topological polar surface area (TPSA) is 134 Å². The second-order valence-electron chi connectivity index (χ2n) is 8.93. The summed E-state index contributed by atoms with van der Waals surface area (Å²) >= 11 is 1.02. The number of halogens is 2. The molecular formula is C27H26F2N6O4S. The van der Waals surface area contributed by atoms with E-state index in [2.05, 4.69) is 15.5 Å². The Morgan fingerprint density at radius 1 is 1.00 bits per heavy atom. The van der Waals surface area contributed by atoms with Crippen molar-refractivity contribution in [2.45, 2.75) is 13.1 Å². The van der Waals surface area contributed by atoms with E-state index in [1.54, 1.807) is 38.4 Å². The molecular weight excluding hydrogens is 542 g/mol. The standard InChI is InChI=1S/C27H26F2N6O4S/c1-34(2)13-18-23(25(36)31-21-11-12-22(39-3)33-32-21)26(40-24(18)15-7-9-16(30)10-8-15)35(27(37)38)14-17-19(28)5-4-6-20(17)29/h4-12H,13-14,30H2,1-3H3,(H,37,38)(H,31,32,36). The number of benzene rings is 2. The molecule has 2 amide bonds. The second kappa shape index (κ2) is 12.1. The minimum absolute atomic E-state index is 0.0159. The number of aromatic nitrogens is 2. The fourth-order valence-corrected chi connectivity index (χ4v) is 5.26. The van der Waals surface area contributed by atoms with Crippen molar-refractivity contribution >= 4 is 39.8 Å². The molecule has 0 saturated carbocycles. The third-order valence-corrected chi connectivity index (χ3v) is 7.11. The zero-order valence-corrected chi connectivity index (χ0v) is 22.6. The maximum Gasteiger partial charge on any atom is 0.412 e. The molecule has 0 bridgehead atoms. The van der Waals surface area contributed by atoms with E-state index in [1.807, 2.05) is 4.90 Å². The maximum absolute atomic E-state index is 14.6. The molecule has 2 heterocycles. The molecule has 0 unspecified atom stereocenters. The van der Waals surface area contributed by atoms with E-state index >= 15 is 0 Å². The van der Waals surface area contributed by atoms with Crippen LogP contribution in [0.5, 0.6) is 5.88 Å². The third-order valence-electron chi connectivity index (χ3n) is 5.81. The molecule has 40 heavy (non-hydrogen) atoms. The molecule has 208 valence electrons. The van der Waals surface area contributed by atoms with Gasteiger partial charge >= 0.3 is 6.09 Å². The average molecular weight is 569 g/mol. The number of ether oxygens (including phenoxy) is 1. The molecule has 2 aromatic heterocycles. The molecule has 0 spiro atoms. The van der Waals surface area contributed by atoms with Gasteiger partial charge in [0.05, 0.1) is 19.2 Å². The van der Waals surface area contributed by atoms with E-state index in [4.69, 9.17) is 10.5 Å². The summed E-state index contributed by atoms with van der Waals surface area (Å²) in [6.45, 7) is -0.422. The average Bonchev–Trinajstić information content (AvgIpc) is 3.27. The SMILES string of the molecule is COc1ccc(NC(=O)c2c(N(Cc3c(F)cccc3F)C(=O)O)sc(-c3ccc(N)cc3)c2CN(C)C)nn1. The van der Waals surface area contributed by atoms with Gasteiger partial charge in [0.2, 0.25) is 5.88 Å². The lowest BCUT2D eigenvalue weighted by atomic mass is 10.0. The monoisotopic (exact) mass is 568 g/mol. The Bertz CT molecular complexity index is 1510. The predicted octanol–water partition coefficient (Wildman–Crippen LogP) is 5.07. The van der Waals surface area contributed by atoms with Crippen LogP contribution < -0.4 is 20.7 Å². The molecule has 13 heteroatoms. The summed E-state index contributed by atoms with van der Waals surface area (Å²) < 4.78 is 34.2. The first-order valence-electron chi connectivity index (χ1n) is 11.9. The van der Waals surface area contributed by atoms with Crippen molar-refractivity contribution < 1.29 is 28.2 Å². The Morgan fingerprint density at radius 2 is 1.68 bits per heavy atom. The lowest BCUT2D eigenvalue weighted by Gasteiger charge is -2.20. The smallest absolute Gasteiger partial charge is 0.412 e. The summed E-state index contributed by atoms with van der Waals surface area (Å²) in [4.78, 5) is 29.5. The summed E-state index contributed by atoms with van der Waals surface area (Å²) in [5.74, 6) is -2.17. The van der Waals surface area contributed by atoms with Gasteiger partial charge in [-0.2, -0.15) is 0 Å². The number of nitrogens with two attached hydrogens (primary N) is 1. The van der Waals surface area contributed by atoms with Gasteiger partial charge in [0.15, 0.2) is 5.82 Å². The van der Waals surface area contributed by atoms with Crippen molar-refractivity contribution in [3.8, 4) is 16.3 Å². The number of carbonyl (C=O) groups excluding carboxylic acids is 1. The predicted molar refractivity (Wildman–Crippen MR) is 149 cm³/mol. The summed E-state index contributed by atoms with van der Waals surface area (Å²) in [5, 5.41) is 20.6. The highest BCUT2D eigenvalue weighted by Gasteiger charge is 2.32. The Balaban J connectivity index is 1.91. The molecule has 0 aliphatic heterocycles. The molecule has 4 rings (SSSR count). The van der Waals surface area contributed by atoms with Gasteiger partial charge in [-0.3, -0.25) is 9.69 Å². The molecule has 0 atom stereocenters. The van der Waals surface area contributed by atoms with Gasteiger partial charge < -0.3 is 25.8 Å². The number of nitrogens with zero attached hydrogens (tertiary/aromatic N) is 4. The highest BCUT2D eigenvalue weighted by Crippen LogP contribution is 2.44. The van der Waals surface area contributed by atoms with Crippen LogP contribution in [-0.4, -0.2) is 53.4 Å². The van der Waals surface area contributed by atoms with E-state index in [9.17, 15) is 23.5 Å². The zero-order chi connectivity index (χ0) is 29.0. The molecule has 0 aliphatic carbocycles. The number of rotatable bonds is 9. The first-order valence-corrected chi connectivity index (χ1v) is 12.7. The van der Waals surface area contributed by atoms with Crippen molar-refractivity contribution in [1.29, 1.82) is 0 Å². The van der Waals surface area contributed by atoms with Gasteiger partial charge in [-0.25, -0.2) is 13.6 Å². The van der Waals surface area contributed by atoms with Crippen molar-refractivity contribution in [2.75, 3.05) is 37.2 Å². The van der Waals surface area contributed by atoms with Crippen LogP contribution in [0.3, 0.4) is 0 Å². The van der Waals surface area contributed by atoms with E-state index in [0.29, 0.717) is 21.7 Å². The summed E-state index contributed by atoms with van der Waals surface area (Å²) in [7, 11) is 5.01. The van der Waals surface area contributed by atoms with E-state index in [1.165, 1.54) is 25.3 Å². The van der Waals surface area contributed by atoms with Crippen molar-refractivity contribution in [3.05, 3.63) is 82.9 Å². The molecule has 0 saturated heterocycles. The highest BCUT2D eigenvalue weighted by molar-refractivity contribution is 7.20. The van der Waals surface area contributed by atoms with E-state index in [0.717, 1.165) is 28.4 Å². The number of anilines is 3. The van der Waals surface area contributed by atoms with Crippen molar-refractivity contribution in [3.63, 3.8) is 0 Å². The summed E-state index contributed by atoms with van der Waals surface area (Å²) in [5.41, 5.74) is 7.15. The number of methoxy groups -OCH3 is 1. The first-order chi connectivity index (χ1) is 19.1. The van der Waals surface area contributed by atoms with Gasteiger partial charge in [0, 0.05) is 28.7 Å². The van der Waals surface area contributed by atoms with Gasteiger partial charge in [0.25, 0.3) is 5.91 Å². The quantitative estimate of drug-likeness (QED) is 0.238. The minimum atomic E-state index is -1.50. The Labute approximate surface area is 232 Å². The maximum atomic E-state index is 14.6. The molecule has 0 aliphatic rings. The van der Waals surface area contributed by atoms with Gasteiger partial charge in [-0.05, 0) is 55.6 Å². The van der Waals surface area contributed by atoms with Crippen LogP contribution in [0, 0.1) is 11.6 Å². The Morgan fingerprint density at radius 3 is 2.23 bits per heavy atom. The third kappa shape index (κ3) is 6.16. The summed E-state index contributed by atoms with van der Waals surface area (Å²) in [6.07, 6.45) is -1.50. The van der Waals surface area contributed by atoms with E-state index in [-0.39, 0.29) is 28.8 Å². The van der Waals surface area contributed by atoms with Gasteiger partial charge in [-0.15, -0.1) is 21.5 Å². The molecule has 4 N–H and O–H groups in total. The first kappa shape index (κ1) is 28.4. The van der Waals surface area contributed by atoms with Crippen molar-refractivity contribution in [1.82, 2.24) is 15.1 Å². The number of amides is 2. The van der Waals surface area contributed by atoms with Crippen LogP contribution in [0.25, 0.3) is 10.4 Å². The molecule has 0 fully saturated rings.